The molecule has 6 heteroatoms. The number of rotatable bonds is 5. The summed E-state index contributed by atoms with van der Waals surface area (Å²) >= 11 is 0. The minimum Gasteiger partial charge on any atom is -0.336 e. The monoisotopic (exact) mass is 392 g/mol. The Bertz CT molecular complexity index is 885. The van der Waals surface area contributed by atoms with Gasteiger partial charge < -0.3 is 9.80 Å². The molecule has 3 atom stereocenters. The predicted octanol–water partition coefficient (Wildman–Crippen LogP) is 2.72. The Morgan fingerprint density at radius 3 is 2.55 bits per heavy atom. The Balaban J connectivity index is 1.38. The van der Waals surface area contributed by atoms with Gasteiger partial charge in [0.05, 0.1) is 11.6 Å². The van der Waals surface area contributed by atoms with Gasteiger partial charge in [0.2, 0.25) is 11.8 Å². The molecule has 6 nitrogen and oxygen atoms in total. The second-order valence-electron chi connectivity index (χ2n) is 8.25. The predicted molar refractivity (Wildman–Crippen MR) is 110 cm³/mol. The zero-order chi connectivity index (χ0) is 20.4. The summed E-state index contributed by atoms with van der Waals surface area (Å²) in [6.45, 7) is 5.34. The average molecular weight is 393 g/mol. The van der Waals surface area contributed by atoms with Gasteiger partial charge in [0.1, 0.15) is 0 Å². The van der Waals surface area contributed by atoms with Crippen LogP contribution in [0.3, 0.4) is 0 Å². The van der Waals surface area contributed by atoms with Crippen LogP contribution in [0, 0.1) is 6.92 Å². The van der Waals surface area contributed by atoms with Crippen LogP contribution in [0.1, 0.15) is 48.9 Å². The Kier molecular flexibility index (Phi) is 5.60. The summed E-state index contributed by atoms with van der Waals surface area (Å²) in [5.41, 5.74) is 3.07. The zero-order valence-electron chi connectivity index (χ0n) is 17.1. The van der Waals surface area contributed by atoms with Crippen molar-refractivity contribution in [2.75, 3.05) is 13.1 Å². The first-order valence-corrected chi connectivity index (χ1v) is 10.4. The average Bonchev–Trinajstić information content (AvgIpc) is 2.77. The molecule has 2 bridgehead atoms. The van der Waals surface area contributed by atoms with Gasteiger partial charge in [-0.05, 0) is 38.7 Å². The van der Waals surface area contributed by atoms with E-state index in [4.69, 9.17) is 0 Å². The molecule has 0 saturated carbocycles. The number of aromatic nitrogens is 2. The summed E-state index contributed by atoms with van der Waals surface area (Å²) in [5, 5.41) is 0. The van der Waals surface area contributed by atoms with Crippen molar-refractivity contribution in [3.63, 3.8) is 0 Å². The molecule has 3 aliphatic heterocycles. The number of nitrogens with zero attached hydrogens (tertiary/aromatic N) is 4. The van der Waals surface area contributed by atoms with Gasteiger partial charge in [0, 0.05) is 50.2 Å². The third kappa shape index (κ3) is 4.16. The zero-order valence-corrected chi connectivity index (χ0v) is 17.1. The van der Waals surface area contributed by atoms with Crippen LogP contribution in [0.4, 0.5) is 0 Å². The lowest BCUT2D eigenvalue weighted by Crippen LogP contribution is -2.65. The number of aryl methyl sites for hydroxylation is 2. The molecule has 3 saturated heterocycles. The molecule has 1 aromatic carbocycles. The molecule has 29 heavy (non-hydrogen) atoms. The topological polar surface area (TPSA) is 66.4 Å². The molecular weight excluding hydrogens is 364 g/mol. The van der Waals surface area contributed by atoms with Crippen LogP contribution < -0.4 is 0 Å². The van der Waals surface area contributed by atoms with Crippen LogP contribution in [0.25, 0.3) is 0 Å². The van der Waals surface area contributed by atoms with Gasteiger partial charge in [-0.3, -0.25) is 19.6 Å². The SMILES string of the molecule is Cc1cccc(C(C)C(=O)N2CC3CCC2CN3C(=O)CCc2cnccn2)c1. The molecule has 0 radical (unpaired) electrons. The molecule has 3 fully saturated rings. The largest absolute Gasteiger partial charge is 0.336 e. The fraction of sp³-hybridized carbons (Fsp3) is 0.478. The maximum absolute atomic E-state index is 13.2. The lowest BCUT2D eigenvalue weighted by atomic mass is 9.88. The summed E-state index contributed by atoms with van der Waals surface area (Å²) in [7, 11) is 0. The lowest BCUT2D eigenvalue weighted by Gasteiger charge is -2.52. The summed E-state index contributed by atoms with van der Waals surface area (Å²) in [5.74, 6) is 0.177. The van der Waals surface area contributed by atoms with Gasteiger partial charge in [-0.1, -0.05) is 29.8 Å². The highest BCUT2D eigenvalue weighted by Crippen LogP contribution is 2.32. The molecule has 5 rings (SSSR count). The van der Waals surface area contributed by atoms with Crippen LogP contribution in [-0.4, -0.2) is 56.8 Å². The first-order chi connectivity index (χ1) is 14.0. The molecule has 2 aromatic rings. The minimum atomic E-state index is -0.157. The van der Waals surface area contributed by atoms with E-state index in [1.165, 1.54) is 5.56 Å². The van der Waals surface area contributed by atoms with Gasteiger partial charge in [-0.25, -0.2) is 0 Å². The maximum Gasteiger partial charge on any atom is 0.230 e. The van der Waals surface area contributed by atoms with Crippen molar-refractivity contribution < 1.29 is 9.59 Å². The van der Waals surface area contributed by atoms with Gasteiger partial charge in [-0.15, -0.1) is 0 Å². The Hall–Kier alpha value is -2.76. The van der Waals surface area contributed by atoms with Crippen molar-refractivity contribution in [2.24, 2.45) is 0 Å². The molecule has 152 valence electrons. The van der Waals surface area contributed by atoms with Crippen LogP contribution in [0.5, 0.6) is 0 Å². The number of carbonyl (C=O) groups is 2. The van der Waals surface area contributed by atoms with E-state index < -0.39 is 0 Å². The minimum absolute atomic E-state index is 0.125. The number of fused-ring (bicyclic) bond motifs is 3. The maximum atomic E-state index is 13.2. The van der Waals surface area contributed by atoms with Crippen molar-refractivity contribution in [2.45, 2.75) is 57.5 Å². The van der Waals surface area contributed by atoms with Gasteiger partial charge in [-0.2, -0.15) is 0 Å². The number of piperazine rings is 1. The summed E-state index contributed by atoms with van der Waals surface area (Å²) in [4.78, 5) is 38.3. The van der Waals surface area contributed by atoms with Crippen molar-refractivity contribution in [3.8, 4) is 0 Å². The third-order valence-electron chi connectivity index (χ3n) is 6.26. The Morgan fingerprint density at radius 1 is 1.14 bits per heavy atom. The van der Waals surface area contributed by atoms with E-state index in [1.54, 1.807) is 18.6 Å². The number of hydrogen-bond donors (Lipinski definition) is 0. The first kappa shape index (κ1) is 19.6. The number of carbonyl (C=O) groups excluding carboxylic acids is 2. The molecule has 3 aliphatic rings. The highest BCUT2D eigenvalue weighted by atomic mass is 16.2. The van der Waals surface area contributed by atoms with E-state index in [9.17, 15) is 9.59 Å². The van der Waals surface area contributed by atoms with Crippen molar-refractivity contribution in [3.05, 3.63) is 59.7 Å². The number of hydrogen-bond acceptors (Lipinski definition) is 4. The summed E-state index contributed by atoms with van der Waals surface area (Å²) < 4.78 is 0. The smallest absolute Gasteiger partial charge is 0.230 e. The molecule has 1 aromatic heterocycles. The first-order valence-electron chi connectivity index (χ1n) is 10.4. The fourth-order valence-corrected chi connectivity index (χ4v) is 4.57. The van der Waals surface area contributed by atoms with E-state index in [1.807, 2.05) is 41.8 Å². The summed E-state index contributed by atoms with van der Waals surface area (Å²) in [6, 6.07) is 8.43. The van der Waals surface area contributed by atoms with E-state index in [0.29, 0.717) is 25.9 Å². The van der Waals surface area contributed by atoms with Crippen LogP contribution >= 0.6 is 0 Å². The fourth-order valence-electron chi connectivity index (χ4n) is 4.57. The van der Waals surface area contributed by atoms with E-state index in [2.05, 4.69) is 16.0 Å². The molecule has 4 heterocycles. The highest BCUT2D eigenvalue weighted by molar-refractivity contribution is 5.84. The van der Waals surface area contributed by atoms with Crippen LogP contribution in [0.2, 0.25) is 0 Å². The van der Waals surface area contributed by atoms with Crippen molar-refractivity contribution >= 4 is 11.8 Å². The van der Waals surface area contributed by atoms with Crippen LogP contribution in [0.15, 0.2) is 42.9 Å². The quantitative estimate of drug-likeness (QED) is 0.785. The molecule has 0 spiro atoms. The van der Waals surface area contributed by atoms with Crippen molar-refractivity contribution in [1.29, 1.82) is 0 Å². The van der Waals surface area contributed by atoms with Gasteiger partial charge in [0.25, 0.3) is 0 Å². The molecule has 3 unspecified atom stereocenters. The second-order valence-corrected chi connectivity index (χ2v) is 8.25. The molecular formula is C23H28N4O2. The molecule has 2 amide bonds. The second kappa shape index (κ2) is 8.31. The van der Waals surface area contributed by atoms with E-state index >= 15 is 0 Å². The molecule has 0 N–H and O–H groups in total. The number of benzene rings is 1. The van der Waals surface area contributed by atoms with Crippen LogP contribution in [-0.2, 0) is 16.0 Å². The highest BCUT2D eigenvalue weighted by Gasteiger charge is 2.43. The van der Waals surface area contributed by atoms with Gasteiger partial charge in [0.15, 0.2) is 0 Å². The molecule has 0 aliphatic carbocycles. The van der Waals surface area contributed by atoms with Gasteiger partial charge >= 0.3 is 0 Å². The summed E-state index contributed by atoms with van der Waals surface area (Å²) in [6.07, 6.45) is 8.00. The number of amides is 2. The van der Waals surface area contributed by atoms with E-state index in [0.717, 1.165) is 24.1 Å². The Morgan fingerprint density at radius 2 is 1.90 bits per heavy atom. The third-order valence-corrected chi connectivity index (χ3v) is 6.26. The standard InChI is InChI=1S/C23H28N4O2/c1-16-4-3-5-18(12-16)17(2)23(29)27-15-20-7-8-21(27)14-26(20)22(28)9-6-19-13-24-10-11-25-19/h3-5,10-13,17,20-21H,6-9,14-15H2,1-2H3. The van der Waals surface area contributed by atoms with Crippen molar-refractivity contribution in [1.82, 2.24) is 19.8 Å². The normalized spacial score (nSPS) is 21.9. The Labute approximate surface area is 172 Å². The lowest BCUT2D eigenvalue weighted by molar-refractivity contribution is -0.152. The number of piperidine rings is 2. The van der Waals surface area contributed by atoms with E-state index in [-0.39, 0.29) is 29.8 Å².